The minimum absolute atomic E-state index is 0.0526. The molecule has 0 aromatic heterocycles. The molecule has 2 heteroatoms. The first-order chi connectivity index (χ1) is 4.95. The van der Waals surface area contributed by atoms with E-state index >= 15 is 0 Å². The lowest BCUT2D eigenvalue weighted by atomic mass is 9.95. The van der Waals surface area contributed by atoms with E-state index < -0.39 is 0 Å². The fraction of sp³-hybridized carbons (Fsp3) is 0.778. The summed E-state index contributed by atoms with van der Waals surface area (Å²) in [6, 6.07) is 0. The van der Waals surface area contributed by atoms with E-state index in [0.29, 0.717) is 6.42 Å². The lowest BCUT2D eigenvalue weighted by Gasteiger charge is -2.07. The van der Waals surface area contributed by atoms with Crippen LogP contribution in [0.2, 0.25) is 0 Å². The van der Waals surface area contributed by atoms with Crippen LogP contribution in [0, 0.1) is 11.8 Å². The molecule has 11 heavy (non-hydrogen) atoms. The summed E-state index contributed by atoms with van der Waals surface area (Å²) in [5.41, 5.74) is 0. The summed E-state index contributed by atoms with van der Waals surface area (Å²) in [4.78, 5) is 21.9. The van der Waals surface area contributed by atoms with Gasteiger partial charge in [-0.15, -0.1) is 0 Å². The molecule has 0 aliphatic carbocycles. The highest BCUT2D eigenvalue weighted by Crippen LogP contribution is 2.08. The summed E-state index contributed by atoms with van der Waals surface area (Å²) in [6.45, 7) is 7.03. The fourth-order valence-electron chi connectivity index (χ4n) is 0.681. The van der Waals surface area contributed by atoms with Crippen molar-refractivity contribution >= 4 is 11.6 Å². The van der Waals surface area contributed by atoms with Crippen LogP contribution < -0.4 is 0 Å². The van der Waals surface area contributed by atoms with Crippen LogP contribution in [0.1, 0.15) is 34.1 Å². The predicted octanol–water partition coefficient (Wildman–Crippen LogP) is 1.83. The summed E-state index contributed by atoms with van der Waals surface area (Å²) in [5.74, 6) is 0.216. The Balaban J connectivity index is 3.85. The van der Waals surface area contributed by atoms with Crippen molar-refractivity contribution in [1.82, 2.24) is 0 Å². The van der Waals surface area contributed by atoms with Crippen molar-refractivity contribution in [3.8, 4) is 0 Å². The maximum atomic E-state index is 11.1. The molecule has 0 rings (SSSR count). The van der Waals surface area contributed by atoms with Crippen LogP contribution in [0.25, 0.3) is 0 Å². The molecule has 0 fully saturated rings. The quantitative estimate of drug-likeness (QED) is 0.622. The highest BCUT2D eigenvalue weighted by atomic mass is 16.1. The van der Waals surface area contributed by atoms with E-state index in [9.17, 15) is 9.59 Å². The zero-order valence-electron chi connectivity index (χ0n) is 7.68. The molecule has 0 aromatic carbocycles. The fourth-order valence-corrected chi connectivity index (χ4v) is 0.681. The SMILES string of the molecule is CC(=O)C(C)CC(=O)C(C)C. The van der Waals surface area contributed by atoms with E-state index in [1.54, 1.807) is 6.92 Å². The summed E-state index contributed by atoms with van der Waals surface area (Å²) >= 11 is 0. The smallest absolute Gasteiger partial charge is 0.136 e. The summed E-state index contributed by atoms with van der Waals surface area (Å²) in [6.07, 6.45) is 0.396. The molecule has 1 unspecified atom stereocenters. The molecule has 64 valence electrons. The molecule has 0 aliphatic rings. The van der Waals surface area contributed by atoms with Gasteiger partial charge < -0.3 is 0 Å². The molecular weight excluding hydrogens is 140 g/mol. The molecule has 0 aliphatic heterocycles. The van der Waals surface area contributed by atoms with Crippen molar-refractivity contribution < 1.29 is 9.59 Å². The molecule has 0 bridgehead atoms. The number of rotatable bonds is 4. The van der Waals surface area contributed by atoms with Crippen molar-refractivity contribution in [2.75, 3.05) is 0 Å². The second kappa shape index (κ2) is 4.27. The van der Waals surface area contributed by atoms with Crippen molar-refractivity contribution in [2.24, 2.45) is 11.8 Å². The third kappa shape index (κ3) is 3.91. The summed E-state index contributed by atoms with van der Waals surface area (Å²) < 4.78 is 0. The van der Waals surface area contributed by atoms with Gasteiger partial charge in [0.25, 0.3) is 0 Å². The topological polar surface area (TPSA) is 34.1 Å². The maximum Gasteiger partial charge on any atom is 0.136 e. The average molecular weight is 156 g/mol. The Hall–Kier alpha value is -0.660. The number of hydrogen-bond donors (Lipinski definition) is 0. The van der Waals surface area contributed by atoms with Crippen molar-refractivity contribution in [2.45, 2.75) is 34.1 Å². The van der Waals surface area contributed by atoms with Gasteiger partial charge >= 0.3 is 0 Å². The summed E-state index contributed by atoms with van der Waals surface area (Å²) in [5, 5.41) is 0. The van der Waals surface area contributed by atoms with E-state index in [4.69, 9.17) is 0 Å². The Labute approximate surface area is 68.0 Å². The number of ketones is 2. The molecule has 0 aromatic rings. The molecule has 0 radical (unpaired) electrons. The molecule has 0 saturated heterocycles. The Kier molecular flexibility index (Phi) is 4.01. The average Bonchev–Trinajstić information content (AvgIpc) is 1.87. The third-order valence-electron chi connectivity index (χ3n) is 1.85. The van der Waals surface area contributed by atoms with Crippen LogP contribution in [-0.4, -0.2) is 11.6 Å². The Morgan fingerprint density at radius 2 is 1.64 bits per heavy atom. The van der Waals surface area contributed by atoms with Gasteiger partial charge in [-0.25, -0.2) is 0 Å². The molecule has 0 heterocycles. The van der Waals surface area contributed by atoms with E-state index in [1.807, 2.05) is 13.8 Å². The van der Waals surface area contributed by atoms with Crippen LogP contribution in [0.5, 0.6) is 0 Å². The molecule has 2 nitrogen and oxygen atoms in total. The van der Waals surface area contributed by atoms with Crippen molar-refractivity contribution in [3.63, 3.8) is 0 Å². The van der Waals surface area contributed by atoms with Crippen LogP contribution in [-0.2, 0) is 9.59 Å². The minimum Gasteiger partial charge on any atom is -0.300 e. The lowest BCUT2D eigenvalue weighted by molar-refractivity contribution is -0.127. The van der Waals surface area contributed by atoms with E-state index in [2.05, 4.69) is 0 Å². The van der Waals surface area contributed by atoms with Crippen LogP contribution >= 0.6 is 0 Å². The normalized spacial score (nSPS) is 13.2. The van der Waals surface area contributed by atoms with E-state index in [1.165, 1.54) is 6.92 Å². The molecule has 0 N–H and O–H groups in total. The van der Waals surface area contributed by atoms with Crippen molar-refractivity contribution in [3.05, 3.63) is 0 Å². The molecule has 0 spiro atoms. The van der Waals surface area contributed by atoms with Gasteiger partial charge in [0, 0.05) is 18.3 Å². The maximum absolute atomic E-state index is 11.1. The second-order valence-corrected chi connectivity index (χ2v) is 3.34. The zero-order valence-corrected chi connectivity index (χ0v) is 7.68. The number of Topliss-reactive ketones (excluding diaryl/α,β-unsaturated/α-hetero) is 2. The Morgan fingerprint density at radius 3 is 1.91 bits per heavy atom. The number of carbonyl (C=O) groups is 2. The van der Waals surface area contributed by atoms with Crippen LogP contribution in [0.4, 0.5) is 0 Å². The van der Waals surface area contributed by atoms with Gasteiger partial charge in [-0.2, -0.15) is 0 Å². The summed E-state index contributed by atoms with van der Waals surface area (Å²) in [7, 11) is 0. The van der Waals surface area contributed by atoms with E-state index in [-0.39, 0.29) is 23.4 Å². The molecule has 0 amide bonds. The second-order valence-electron chi connectivity index (χ2n) is 3.34. The number of carbonyl (C=O) groups excluding carboxylic acids is 2. The van der Waals surface area contributed by atoms with Gasteiger partial charge in [0.2, 0.25) is 0 Å². The largest absolute Gasteiger partial charge is 0.300 e. The zero-order chi connectivity index (χ0) is 9.02. The third-order valence-corrected chi connectivity index (χ3v) is 1.85. The molecular formula is C9H16O2. The van der Waals surface area contributed by atoms with E-state index in [0.717, 1.165) is 0 Å². The van der Waals surface area contributed by atoms with Crippen molar-refractivity contribution in [1.29, 1.82) is 0 Å². The van der Waals surface area contributed by atoms with Gasteiger partial charge in [0.15, 0.2) is 0 Å². The first kappa shape index (κ1) is 10.3. The van der Waals surface area contributed by atoms with Crippen LogP contribution in [0.3, 0.4) is 0 Å². The Morgan fingerprint density at radius 1 is 1.18 bits per heavy atom. The van der Waals surface area contributed by atoms with Crippen LogP contribution in [0.15, 0.2) is 0 Å². The highest BCUT2D eigenvalue weighted by Gasteiger charge is 2.14. The highest BCUT2D eigenvalue weighted by molar-refractivity contribution is 5.87. The Bertz CT molecular complexity index is 159. The van der Waals surface area contributed by atoms with Gasteiger partial charge in [-0.05, 0) is 6.92 Å². The first-order valence-corrected chi connectivity index (χ1v) is 3.98. The monoisotopic (exact) mass is 156 g/mol. The minimum atomic E-state index is -0.107. The van der Waals surface area contributed by atoms with Gasteiger partial charge in [0.05, 0.1) is 0 Å². The van der Waals surface area contributed by atoms with Gasteiger partial charge in [-0.1, -0.05) is 20.8 Å². The van der Waals surface area contributed by atoms with Gasteiger partial charge in [-0.3, -0.25) is 9.59 Å². The molecule has 1 atom stereocenters. The number of hydrogen-bond acceptors (Lipinski definition) is 2. The lowest BCUT2D eigenvalue weighted by Crippen LogP contribution is -2.16. The standard InChI is InChI=1S/C9H16O2/c1-6(2)9(11)5-7(3)8(4)10/h6-7H,5H2,1-4H3. The van der Waals surface area contributed by atoms with Gasteiger partial charge in [0.1, 0.15) is 11.6 Å². The molecule has 0 saturated carbocycles. The first-order valence-electron chi connectivity index (χ1n) is 3.98. The predicted molar refractivity (Wildman–Crippen MR) is 44.3 cm³/mol.